The van der Waals surface area contributed by atoms with Crippen LogP contribution in [-0.2, 0) is 11.3 Å². The molecule has 2 rings (SSSR count). The lowest BCUT2D eigenvalue weighted by Crippen LogP contribution is -2.39. The van der Waals surface area contributed by atoms with Gasteiger partial charge in [-0.1, -0.05) is 0 Å². The third kappa shape index (κ3) is 3.77. The molecular weight excluding hydrogens is 238 g/mol. The van der Waals surface area contributed by atoms with E-state index >= 15 is 0 Å². The first-order chi connectivity index (χ1) is 9.20. The van der Waals surface area contributed by atoms with Crippen LogP contribution in [-0.4, -0.2) is 28.4 Å². The van der Waals surface area contributed by atoms with Crippen molar-refractivity contribution in [3.63, 3.8) is 0 Å². The molecule has 1 heterocycles. The Morgan fingerprint density at radius 1 is 1.32 bits per heavy atom. The number of pyridine rings is 1. The van der Waals surface area contributed by atoms with E-state index in [0.29, 0.717) is 12.6 Å². The van der Waals surface area contributed by atoms with E-state index in [1.54, 1.807) is 12.4 Å². The molecule has 1 saturated carbocycles. The molecule has 0 unspecified atom stereocenters. The van der Waals surface area contributed by atoms with Crippen LogP contribution in [0.25, 0.3) is 0 Å². The third-order valence-electron chi connectivity index (χ3n) is 3.94. The zero-order valence-corrected chi connectivity index (χ0v) is 11.6. The predicted molar refractivity (Wildman–Crippen MR) is 75.3 cm³/mol. The van der Waals surface area contributed by atoms with Gasteiger partial charge in [-0.05, 0) is 50.3 Å². The first-order valence-electron chi connectivity index (χ1n) is 7.14. The van der Waals surface area contributed by atoms with Gasteiger partial charge in [0, 0.05) is 37.4 Å². The van der Waals surface area contributed by atoms with Crippen molar-refractivity contribution in [2.45, 2.75) is 45.2 Å². The van der Waals surface area contributed by atoms with E-state index in [1.165, 1.54) is 0 Å². The summed E-state index contributed by atoms with van der Waals surface area (Å²) < 4.78 is 0. The van der Waals surface area contributed by atoms with Gasteiger partial charge in [-0.2, -0.15) is 0 Å². The van der Waals surface area contributed by atoms with E-state index in [-0.39, 0.29) is 11.8 Å². The summed E-state index contributed by atoms with van der Waals surface area (Å²) in [5.41, 5.74) is 7.03. The monoisotopic (exact) mass is 261 g/mol. The van der Waals surface area contributed by atoms with Crippen molar-refractivity contribution in [1.29, 1.82) is 0 Å². The zero-order valence-electron chi connectivity index (χ0n) is 11.6. The first-order valence-corrected chi connectivity index (χ1v) is 7.14. The summed E-state index contributed by atoms with van der Waals surface area (Å²) in [6, 6.07) is 4.22. The van der Waals surface area contributed by atoms with Crippen LogP contribution in [0.15, 0.2) is 24.5 Å². The van der Waals surface area contributed by atoms with E-state index in [9.17, 15) is 4.79 Å². The highest BCUT2D eigenvalue weighted by molar-refractivity contribution is 5.78. The maximum absolute atomic E-state index is 12.5. The smallest absolute Gasteiger partial charge is 0.225 e. The van der Waals surface area contributed by atoms with Crippen LogP contribution in [0.4, 0.5) is 0 Å². The highest BCUT2D eigenvalue weighted by Gasteiger charge is 2.27. The Balaban J connectivity index is 1.95. The van der Waals surface area contributed by atoms with Crippen molar-refractivity contribution in [2.75, 3.05) is 6.54 Å². The van der Waals surface area contributed by atoms with E-state index in [4.69, 9.17) is 5.73 Å². The summed E-state index contributed by atoms with van der Waals surface area (Å²) in [4.78, 5) is 18.5. The summed E-state index contributed by atoms with van der Waals surface area (Å²) in [6.07, 6.45) is 7.37. The minimum atomic E-state index is 0.168. The molecule has 0 aromatic carbocycles. The Morgan fingerprint density at radius 3 is 2.53 bits per heavy atom. The molecule has 0 spiro atoms. The molecule has 0 atom stereocenters. The lowest BCUT2D eigenvalue weighted by molar-refractivity contribution is -0.137. The molecule has 1 aliphatic carbocycles. The fraction of sp³-hybridized carbons (Fsp3) is 0.600. The Labute approximate surface area is 115 Å². The lowest BCUT2D eigenvalue weighted by atomic mass is 9.85. The molecule has 0 radical (unpaired) electrons. The molecule has 1 aliphatic rings. The minimum Gasteiger partial charge on any atom is -0.338 e. The van der Waals surface area contributed by atoms with Gasteiger partial charge in [-0.25, -0.2) is 0 Å². The molecule has 1 aromatic heterocycles. The predicted octanol–water partition coefficient (Wildman–Crippen LogP) is 1.95. The fourth-order valence-electron chi connectivity index (χ4n) is 2.68. The average Bonchev–Trinajstić information content (AvgIpc) is 2.46. The van der Waals surface area contributed by atoms with E-state index in [0.717, 1.165) is 37.8 Å². The highest BCUT2D eigenvalue weighted by Crippen LogP contribution is 2.25. The van der Waals surface area contributed by atoms with Gasteiger partial charge in [-0.15, -0.1) is 0 Å². The number of hydrogen-bond acceptors (Lipinski definition) is 3. The lowest BCUT2D eigenvalue weighted by Gasteiger charge is -2.30. The van der Waals surface area contributed by atoms with E-state index in [2.05, 4.69) is 4.98 Å². The molecule has 1 fully saturated rings. The summed E-state index contributed by atoms with van der Waals surface area (Å²) in [5, 5.41) is 0. The molecule has 0 saturated heterocycles. The van der Waals surface area contributed by atoms with Crippen LogP contribution in [0, 0.1) is 5.92 Å². The maximum Gasteiger partial charge on any atom is 0.225 e. The Hall–Kier alpha value is -1.42. The number of amides is 1. The van der Waals surface area contributed by atoms with Crippen molar-refractivity contribution >= 4 is 5.91 Å². The summed E-state index contributed by atoms with van der Waals surface area (Å²) in [7, 11) is 0. The molecule has 19 heavy (non-hydrogen) atoms. The van der Waals surface area contributed by atoms with Crippen LogP contribution in [0.1, 0.15) is 38.2 Å². The summed E-state index contributed by atoms with van der Waals surface area (Å²) in [6.45, 7) is 3.47. The molecule has 104 valence electrons. The van der Waals surface area contributed by atoms with Crippen molar-refractivity contribution < 1.29 is 4.79 Å². The second kappa shape index (κ2) is 6.66. The number of hydrogen-bond donors (Lipinski definition) is 1. The maximum atomic E-state index is 12.5. The molecule has 4 nitrogen and oxygen atoms in total. The van der Waals surface area contributed by atoms with Crippen LogP contribution < -0.4 is 5.73 Å². The highest BCUT2D eigenvalue weighted by atomic mass is 16.2. The van der Waals surface area contributed by atoms with Gasteiger partial charge in [0.2, 0.25) is 5.91 Å². The van der Waals surface area contributed by atoms with Crippen molar-refractivity contribution in [3.05, 3.63) is 30.1 Å². The van der Waals surface area contributed by atoms with Gasteiger partial charge in [-0.3, -0.25) is 9.78 Å². The van der Waals surface area contributed by atoms with Gasteiger partial charge in [0.25, 0.3) is 0 Å². The van der Waals surface area contributed by atoms with E-state index in [1.807, 2.05) is 24.0 Å². The number of nitrogens with zero attached hydrogens (tertiary/aromatic N) is 2. The molecule has 1 amide bonds. The van der Waals surface area contributed by atoms with Crippen molar-refractivity contribution in [3.8, 4) is 0 Å². The normalized spacial score (nSPS) is 23.1. The number of nitrogens with two attached hydrogens (primary N) is 1. The van der Waals surface area contributed by atoms with Crippen LogP contribution in [0.5, 0.6) is 0 Å². The Kier molecular flexibility index (Phi) is 4.91. The number of carbonyl (C=O) groups is 1. The zero-order chi connectivity index (χ0) is 13.7. The van der Waals surface area contributed by atoms with Crippen molar-refractivity contribution in [2.24, 2.45) is 11.7 Å². The summed E-state index contributed by atoms with van der Waals surface area (Å²) in [5.74, 6) is 0.452. The summed E-state index contributed by atoms with van der Waals surface area (Å²) >= 11 is 0. The van der Waals surface area contributed by atoms with Crippen LogP contribution in [0.3, 0.4) is 0 Å². The molecule has 0 bridgehead atoms. The number of carbonyl (C=O) groups excluding carboxylic acids is 1. The van der Waals surface area contributed by atoms with Gasteiger partial charge >= 0.3 is 0 Å². The Bertz CT molecular complexity index is 399. The molecule has 1 aromatic rings. The molecule has 4 heteroatoms. The van der Waals surface area contributed by atoms with Gasteiger partial charge < -0.3 is 10.6 Å². The molecule has 0 aliphatic heterocycles. The van der Waals surface area contributed by atoms with Crippen molar-refractivity contribution in [1.82, 2.24) is 9.88 Å². The first kappa shape index (κ1) is 14.0. The standard InChI is InChI=1S/C15H23N3O/c1-2-18(11-12-7-9-17-10-8-12)15(19)13-3-5-14(16)6-4-13/h7-10,13-14H,2-6,11,16H2,1H3. The topological polar surface area (TPSA) is 59.2 Å². The van der Waals surface area contributed by atoms with Gasteiger partial charge in [0.15, 0.2) is 0 Å². The quantitative estimate of drug-likeness (QED) is 0.901. The molecular formula is C15H23N3O. The second-order valence-electron chi connectivity index (χ2n) is 5.32. The minimum absolute atomic E-state index is 0.168. The van der Waals surface area contributed by atoms with Crippen LogP contribution >= 0.6 is 0 Å². The van der Waals surface area contributed by atoms with Gasteiger partial charge in [0.05, 0.1) is 0 Å². The average molecular weight is 261 g/mol. The van der Waals surface area contributed by atoms with E-state index < -0.39 is 0 Å². The van der Waals surface area contributed by atoms with Crippen LogP contribution in [0.2, 0.25) is 0 Å². The van der Waals surface area contributed by atoms with Gasteiger partial charge in [0.1, 0.15) is 0 Å². The fourth-order valence-corrected chi connectivity index (χ4v) is 2.68. The third-order valence-corrected chi connectivity index (χ3v) is 3.94. The second-order valence-corrected chi connectivity index (χ2v) is 5.32. The molecule has 2 N–H and O–H groups in total. The largest absolute Gasteiger partial charge is 0.338 e. The number of rotatable bonds is 4. The SMILES string of the molecule is CCN(Cc1ccncc1)C(=O)C1CCC(N)CC1. The number of aromatic nitrogens is 1. The Morgan fingerprint density at radius 2 is 1.95 bits per heavy atom.